The Morgan fingerprint density at radius 2 is 2.18 bits per heavy atom. The zero-order valence-electron chi connectivity index (χ0n) is 9.90. The van der Waals surface area contributed by atoms with Crippen LogP contribution in [0.1, 0.15) is 29.1 Å². The number of pyridine rings is 1. The number of aromatic nitrogens is 1. The lowest BCUT2D eigenvalue weighted by Crippen LogP contribution is -2.17. The molecule has 1 atom stereocenters. The number of aryl methyl sites for hydroxylation is 1. The maximum atomic E-state index is 5.92. The van der Waals surface area contributed by atoms with Gasteiger partial charge in [0.2, 0.25) is 0 Å². The number of halogens is 1. The summed E-state index contributed by atoms with van der Waals surface area (Å²) in [6, 6.07) is 8.45. The molecule has 1 unspecified atom stereocenters. The Morgan fingerprint density at radius 3 is 2.76 bits per heavy atom. The van der Waals surface area contributed by atoms with Crippen LogP contribution in [0, 0.1) is 6.92 Å². The Bertz CT molecular complexity index is 478. The number of nitrogens with one attached hydrogen (secondary N) is 1. The molecule has 0 fully saturated rings. The van der Waals surface area contributed by atoms with Gasteiger partial charge in [-0.15, -0.1) is 11.3 Å². The minimum atomic E-state index is 0.314. The van der Waals surface area contributed by atoms with E-state index in [1.54, 1.807) is 11.3 Å². The molecule has 0 radical (unpaired) electrons. The molecule has 2 aromatic heterocycles. The first-order valence-electron chi connectivity index (χ1n) is 5.55. The Hall–Kier alpha value is -0.900. The third kappa shape index (κ3) is 3.53. The van der Waals surface area contributed by atoms with Crippen LogP contribution < -0.4 is 5.32 Å². The largest absolute Gasteiger partial charge is 0.305 e. The van der Waals surface area contributed by atoms with Crippen LogP contribution in [0.5, 0.6) is 0 Å². The van der Waals surface area contributed by atoms with Crippen LogP contribution in [0.4, 0.5) is 0 Å². The zero-order valence-corrected chi connectivity index (χ0v) is 11.5. The molecule has 0 saturated heterocycles. The summed E-state index contributed by atoms with van der Waals surface area (Å²) in [4.78, 5) is 5.53. The van der Waals surface area contributed by atoms with Crippen LogP contribution >= 0.6 is 22.9 Å². The van der Waals surface area contributed by atoms with Gasteiger partial charge in [-0.1, -0.05) is 17.7 Å². The summed E-state index contributed by atoms with van der Waals surface area (Å²) in [6.45, 7) is 4.96. The summed E-state index contributed by atoms with van der Waals surface area (Å²) in [5, 5.41) is 3.46. The maximum Gasteiger partial charge on any atom is 0.0931 e. The lowest BCUT2D eigenvalue weighted by Gasteiger charge is -2.11. The van der Waals surface area contributed by atoms with Crippen molar-refractivity contribution in [3.63, 3.8) is 0 Å². The number of hydrogen-bond donors (Lipinski definition) is 1. The lowest BCUT2D eigenvalue weighted by atomic mass is 10.2. The molecule has 17 heavy (non-hydrogen) atoms. The Labute approximate surface area is 111 Å². The van der Waals surface area contributed by atoms with Crippen LogP contribution in [-0.4, -0.2) is 4.98 Å². The molecule has 0 aliphatic carbocycles. The molecule has 4 heteroatoms. The molecule has 0 spiro atoms. The molecule has 2 rings (SSSR count). The van der Waals surface area contributed by atoms with Crippen molar-refractivity contribution in [3.8, 4) is 0 Å². The minimum absolute atomic E-state index is 0.314. The summed E-state index contributed by atoms with van der Waals surface area (Å²) in [5.41, 5.74) is 2.25. The molecule has 2 nitrogen and oxygen atoms in total. The summed E-state index contributed by atoms with van der Waals surface area (Å²) in [5.74, 6) is 0. The van der Waals surface area contributed by atoms with E-state index < -0.39 is 0 Å². The summed E-state index contributed by atoms with van der Waals surface area (Å²) < 4.78 is 0.839. The van der Waals surface area contributed by atoms with Crippen LogP contribution in [-0.2, 0) is 6.54 Å². The Kier molecular flexibility index (Phi) is 4.15. The highest BCUT2D eigenvalue weighted by atomic mass is 35.5. The predicted molar refractivity (Wildman–Crippen MR) is 73.6 cm³/mol. The standard InChI is InChI=1S/C13H15ClN2S/c1-9-3-4-11(7-15-9)8-16-10(2)12-5-6-13(14)17-12/h3-7,10,16H,8H2,1-2H3. The van der Waals surface area contributed by atoms with Crippen LogP contribution in [0.3, 0.4) is 0 Å². The topological polar surface area (TPSA) is 24.9 Å². The first kappa shape index (κ1) is 12.6. The van der Waals surface area contributed by atoms with E-state index in [9.17, 15) is 0 Å². The lowest BCUT2D eigenvalue weighted by molar-refractivity contribution is 0.582. The summed E-state index contributed by atoms with van der Waals surface area (Å²) >= 11 is 7.54. The fourth-order valence-electron chi connectivity index (χ4n) is 1.54. The number of rotatable bonds is 4. The van der Waals surface area contributed by atoms with Gasteiger partial charge >= 0.3 is 0 Å². The summed E-state index contributed by atoms with van der Waals surface area (Å²) in [6.07, 6.45) is 1.91. The van der Waals surface area contributed by atoms with E-state index in [4.69, 9.17) is 11.6 Å². The van der Waals surface area contributed by atoms with E-state index in [-0.39, 0.29) is 0 Å². The van der Waals surface area contributed by atoms with Gasteiger partial charge in [-0.05, 0) is 37.6 Å². The highest BCUT2D eigenvalue weighted by Crippen LogP contribution is 2.26. The second-order valence-electron chi connectivity index (χ2n) is 4.05. The molecule has 2 aromatic rings. The van der Waals surface area contributed by atoms with E-state index in [1.807, 2.05) is 25.3 Å². The van der Waals surface area contributed by atoms with Gasteiger partial charge in [-0.2, -0.15) is 0 Å². The highest BCUT2D eigenvalue weighted by Gasteiger charge is 2.07. The number of nitrogens with zero attached hydrogens (tertiary/aromatic N) is 1. The minimum Gasteiger partial charge on any atom is -0.305 e. The van der Waals surface area contributed by atoms with E-state index in [0.717, 1.165) is 16.6 Å². The molecular weight excluding hydrogens is 252 g/mol. The molecule has 0 aliphatic rings. The molecule has 0 aromatic carbocycles. The van der Waals surface area contributed by atoms with Crippen LogP contribution in [0.15, 0.2) is 30.5 Å². The van der Waals surface area contributed by atoms with Gasteiger partial charge in [-0.3, -0.25) is 4.98 Å². The van der Waals surface area contributed by atoms with Gasteiger partial charge in [0.25, 0.3) is 0 Å². The quantitative estimate of drug-likeness (QED) is 0.906. The summed E-state index contributed by atoms with van der Waals surface area (Å²) in [7, 11) is 0. The molecule has 90 valence electrons. The van der Waals surface area contributed by atoms with E-state index >= 15 is 0 Å². The van der Waals surface area contributed by atoms with Crippen molar-refractivity contribution in [2.24, 2.45) is 0 Å². The highest BCUT2D eigenvalue weighted by molar-refractivity contribution is 7.16. The average molecular weight is 267 g/mol. The smallest absolute Gasteiger partial charge is 0.0931 e. The molecule has 0 bridgehead atoms. The van der Waals surface area contributed by atoms with Crippen molar-refractivity contribution in [2.75, 3.05) is 0 Å². The normalized spacial score (nSPS) is 12.6. The SMILES string of the molecule is Cc1ccc(CNC(C)c2ccc(Cl)s2)cn1. The second-order valence-corrected chi connectivity index (χ2v) is 5.80. The number of thiophene rings is 1. The van der Waals surface area contributed by atoms with Crippen molar-refractivity contribution >= 4 is 22.9 Å². The molecule has 0 saturated carbocycles. The van der Waals surface area contributed by atoms with Gasteiger partial charge in [0, 0.05) is 29.4 Å². The van der Waals surface area contributed by atoms with Crippen LogP contribution in [0.2, 0.25) is 4.34 Å². The molecule has 2 heterocycles. The van der Waals surface area contributed by atoms with Gasteiger partial charge < -0.3 is 5.32 Å². The molecular formula is C13H15ClN2S. The first-order chi connectivity index (χ1) is 8.15. The van der Waals surface area contributed by atoms with E-state index in [1.165, 1.54) is 10.4 Å². The van der Waals surface area contributed by atoms with Crippen molar-refractivity contribution in [3.05, 3.63) is 50.9 Å². The third-order valence-electron chi connectivity index (χ3n) is 2.61. The number of hydrogen-bond acceptors (Lipinski definition) is 3. The van der Waals surface area contributed by atoms with Crippen molar-refractivity contribution in [1.82, 2.24) is 10.3 Å². The van der Waals surface area contributed by atoms with Crippen molar-refractivity contribution in [1.29, 1.82) is 0 Å². The molecule has 0 aliphatic heterocycles. The van der Waals surface area contributed by atoms with Crippen molar-refractivity contribution in [2.45, 2.75) is 26.4 Å². The van der Waals surface area contributed by atoms with E-state index in [2.05, 4.69) is 29.4 Å². The first-order valence-corrected chi connectivity index (χ1v) is 6.75. The zero-order chi connectivity index (χ0) is 12.3. The van der Waals surface area contributed by atoms with Gasteiger partial charge in [0.05, 0.1) is 4.34 Å². The average Bonchev–Trinajstić information content (AvgIpc) is 2.75. The van der Waals surface area contributed by atoms with Gasteiger partial charge in [0.1, 0.15) is 0 Å². The van der Waals surface area contributed by atoms with E-state index in [0.29, 0.717) is 6.04 Å². The van der Waals surface area contributed by atoms with Crippen molar-refractivity contribution < 1.29 is 0 Å². The van der Waals surface area contributed by atoms with Crippen LogP contribution in [0.25, 0.3) is 0 Å². The molecule has 0 amide bonds. The monoisotopic (exact) mass is 266 g/mol. The van der Waals surface area contributed by atoms with Gasteiger partial charge in [0.15, 0.2) is 0 Å². The Balaban J connectivity index is 1.92. The fraction of sp³-hybridized carbons (Fsp3) is 0.308. The Morgan fingerprint density at radius 1 is 1.35 bits per heavy atom. The second kappa shape index (κ2) is 5.63. The fourth-order valence-corrected chi connectivity index (χ4v) is 2.62. The third-order valence-corrected chi connectivity index (χ3v) is 4.02. The predicted octanol–water partition coefficient (Wildman–Crippen LogP) is 3.96. The van der Waals surface area contributed by atoms with Gasteiger partial charge in [-0.25, -0.2) is 0 Å². The maximum absolute atomic E-state index is 5.92. The molecule has 1 N–H and O–H groups in total.